The second-order valence-corrected chi connectivity index (χ2v) is 13.8. The van der Waals surface area contributed by atoms with Crippen molar-refractivity contribution >= 4 is 17.3 Å². The lowest BCUT2D eigenvalue weighted by Crippen LogP contribution is -2.52. The minimum atomic E-state index is -0.712. The Hall–Kier alpha value is -3.90. The normalized spacial score (nSPS) is 22.6. The van der Waals surface area contributed by atoms with Crippen LogP contribution in [0.4, 0.5) is 15.8 Å². The number of hydrogen-bond donors (Lipinski definition) is 2. The summed E-state index contributed by atoms with van der Waals surface area (Å²) in [5.41, 5.74) is 10.2. The van der Waals surface area contributed by atoms with Crippen molar-refractivity contribution in [2.24, 2.45) is 11.7 Å². The standard InChI is InChI=1S/C39H51FN4O6/c1-26(2)38(41)39(45)50-36-23-42-22-35(48-25-27-8-13-34-33(20-27)43(17-19-47-34)15-5-18-46-3)37(36)28-9-11-31(12-10-28)49-32-14-16-44(24-32)30-7-4-6-29(40)21-30/h4,6-13,20-21,26,32,35-38,42H,5,14-19,22-25,41H2,1-3H3/t32-,35-,36+,37+,38-/m0/s1. The molecule has 0 amide bonds. The molecule has 50 heavy (non-hydrogen) atoms. The van der Waals surface area contributed by atoms with Gasteiger partial charge in [-0.05, 0) is 65.9 Å². The van der Waals surface area contributed by atoms with E-state index in [1.807, 2.05) is 56.3 Å². The van der Waals surface area contributed by atoms with Gasteiger partial charge in [-0.15, -0.1) is 0 Å². The highest BCUT2D eigenvalue weighted by Crippen LogP contribution is 2.35. The zero-order valence-electron chi connectivity index (χ0n) is 29.4. The predicted molar refractivity (Wildman–Crippen MR) is 192 cm³/mol. The molecule has 2 saturated heterocycles. The molecule has 0 aromatic heterocycles. The number of ether oxygens (including phenoxy) is 5. The van der Waals surface area contributed by atoms with Crippen LogP contribution in [0, 0.1) is 11.7 Å². The maximum Gasteiger partial charge on any atom is 0.323 e. The van der Waals surface area contributed by atoms with Gasteiger partial charge in [-0.1, -0.05) is 38.1 Å². The number of nitrogens with one attached hydrogen (secondary N) is 1. The van der Waals surface area contributed by atoms with Crippen molar-refractivity contribution in [3.8, 4) is 11.5 Å². The molecule has 3 heterocycles. The van der Waals surface area contributed by atoms with Gasteiger partial charge in [-0.25, -0.2) is 4.39 Å². The van der Waals surface area contributed by atoms with E-state index in [0.717, 1.165) is 66.5 Å². The molecule has 270 valence electrons. The number of hydrogen-bond acceptors (Lipinski definition) is 10. The van der Waals surface area contributed by atoms with Crippen LogP contribution in [0.3, 0.4) is 0 Å². The first-order chi connectivity index (χ1) is 24.3. The van der Waals surface area contributed by atoms with E-state index in [1.54, 1.807) is 19.2 Å². The Kier molecular flexibility index (Phi) is 12.1. The molecule has 5 atom stereocenters. The van der Waals surface area contributed by atoms with Crippen LogP contribution in [0.2, 0.25) is 0 Å². The molecule has 0 bridgehead atoms. The van der Waals surface area contributed by atoms with Gasteiger partial charge in [0.1, 0.15) is 42.2 Å². The number of anilines is 2. The highest BCUT2D eigenvalue weighted by Gasteiger charge is 2.39. The second-order valence-electron chi connectivity index (χ2n) is 13.8. The van der Waals surface area contributed by atoms with Crippen molar-refractivity contribution in [2.75, 3.05) is 69.4 Å². The summed E-state index contributed by atoms with van der Waals surface area (Å²) in [4.78, 5) is 17.6. The summed E-state index contributed by atoms with van der Waals surface area (Å²) in [6.45, 7) is 9.87. The van der Waals surface area contributed by atoms with Crippen LogP contribution in [0.25, 0.3) is 0 Å². The maximum absolute atomic E-state index is 13.8. The van der Waals surface area contributed by atoms with E-state index in [2.05, 4.69) is 21.2 Å². The molecule has 3 aromatic rings. The van der Waals surface area contributed by atoms with Crippen LogP contribution in [-0.4, -0.2) is 89.9 Å². The molecular weight excluding hydrogens is 639 g/mol. The van der Waals surface area contributed by atoms with E-state index in [-0.39, 0.29) is 29.9 Å². The number of carbonyl (C=O) groups is 1. The highest BCUT2D eigenvalue weighted by molar-refractivity contribution is 5.76. The van der Waals surface area contributed by atoms with Crippen LogP contribution in [0.5, 0.6) is 11.5 Å². The molecule has 0 aliphatic carbocycles. The summed E-state index contributed by atoms with van der Waals surface area (Å²) in [6, 6.07) is 20.2. The lowest BCUT2D eigenvalue weighted by Gasteiger charge is -2.39. The van der Waals surface area contributed by atoms with Crippen LogP contribution in [-0.2, 0) is 25.6 Å². The van der Waals surface area contributed by atoms with Crippen molar-refractivity contribution in [1.29, 1.82) is 0 Å². The lowest BCUT2D eigenvalue weighted by atomic mass is 9.85. The fourth-order valence-corrected chi connectivity index (χ4v) is 7.00. The molecule has 0 unspecified atom stereocenters. The Morgan fingerprint density at radius 3 is 2.66 bits per heavy atom. The van der Waals surface area contributed by atoms with Gasteiger partial charge >= 0.3 is 5.97 Å². The molecule has 3 N–H and O–H groups in total. The summed E-state index contributed by atoms with van der Waals surface area (Å²) >= 11 is 0. The molecule has 2 fully saturated rings. The minimum absolute atomic E-state index is 0.0109. The van der Waals surface area contributed by atoms with Crippen LogP contribution < -0.4 is 30.3 Å². The van der Waals surface area contributed by atoms with Crippen LogP contribution >= 0.6 is 0 Å². The number of fused-ring (bicyclic) bond motifs is 1. The average molecular weight is 691 g/mol. The Balaban J connectivity index is 1.16. The molecule has 0 saturated carbocycles. The lowest BCUT2D eigenvalue weighted by molar-refractivity contribution is -0.157. The molecule has 0 spiro atoms. The third-order valence-corrected chi connectivity index (χ3v) is 9.86. The number of nitrogens with two attached hydrogens (primary N) is 1. The van der Waals surface area contributed by atoms with Gasteiger partial charge in [0.25, 0.3) is 0 Å². The van der Waals surface area contributed by atoms with E-state index < -0.39 is 18.1 Å². The Morgan fingerprint density at radius 1 is 1.06 bits per heavy atom. The number of methoxy groups -OCH3 is 1. The van der Waals surface area contributed by atoms with E-state index in [0.29, 0.717) is 39.5 Å². The van der Waals surface area contributed by atoms with Crippen LogP contribution in [0.15, 0.2) is 66.7 Å². The van der Waals surface area contributed by atoms with Gasteiger partial charge in [-0.2, -0.15) is 0 Å². The summed E-state index contributed by atoms with van der Waals surface area (Å²) < 4.78 is 44.1. The number of esters is 1. The summed E-state index contributed by atoms with van der Waals surface area (Å²) in [7, 11) is 1.73. The first kappa shape index (κ1) is 35.9. The zero-order valence-corrected chi connectivity index (χ0v) is 29.4. The van der Waals surface area contributed by atoms with E-state index in [9.17, 15) is 9.18 Å². The Labute approximate surface area is 294 Å². The smallest absolute Gasteiger partial charge is 0.323 e. The molecule has 0 radical (unpaired) electrons. The Morgan fingerprint density at radius 2 is 1.88 bits per heavy atom. The van der Waals surface area contributed by atoms with Crippen molar-refractivity contribution in [1.82, 2.24) is 5.32 Å². The fraction of sp³-hybridized carbons (Fsp3) is 0.513. The molecule has 10 nitrogen and oxygen atoms in total. The summed E-state index contributed by atoms with van der Waals surface area (Å²) in [6.07, 6.45) is 1.02. The molecule has 3 aliphatic rings. The fourth-order valence-electron chi connectivity index (χ4n) is 7.00. The Bertz CT molecular complexity index is 1560. The molecule has 3 aliphatic heterocycles. The maximum atomic E-state index is 13.8. The van der Waals surface area contributed by atoms with Crippen molar-refractivity contribution in [3.63, 3.8) is 0 Å². The molecular formula is C39H51FN4O6. The third-order valence-electron chi connectivity index (χ3n) is 9.86. The number of carbonyl (C=O) groups excluding carboxylic acids is 1. The van der Waals surface area contributed by atoms with Crippen LogP contribution in [0.1, 0.15) is 43.7 Å². The van der Waals surface area contributed by atoms with E-state index >= 15 is 0 Å². The minimum Gasteiger partial charge on any atom is -0.490 e. The highest BCUT2D eigenvalue weighted by atomic mass is 19.1. The van der Waals surface area contributed by atoms with Gasteiger partial charge in [0.15, 0.2) is 0 Å². The van der Waals surface area contributed by atoms with E-state index in [1.165, 1.54) is 6.07 Å². The van der Waals surface area contributed by atoms with Gasteiger partial charge in [-0.3, -0.25) is 4.79 Å². The molecule has 11 heteroatoms. The van der Waals surface area contributed by atoms with Crippen molar-refractivity contribution in [3.05, 3.63) is 83.7 Å². The second kappa shape index (κ2) is 16.9. The summed E-state index contributed by atoms with van der Waals surface area (Å²) in [5, 5.41) is 3.42. The van der Waals surface area contributed by atoms with Gasteiger partial charge in [0.05, 0.1) is 31.5 Å². The van der Waals surface area contributed by atoms with Gasteiger partial charge in [0.2, 0.25) is 0 Å². The zero-order chi connectivity index (χ0) is 35.0. The first-order valence-corrected chi connectivity index (χ1v) is 17.8. The topological polar surface area (TPSA) is 108 Å². The van der Waals surface area contributed by atoms with E-state index in [4.69, 9.17) is 29.4 Å². The van der Waals surface area contributed by atoms with Gasteiger partial charge in [0, 0.05) is 57.9 Å². The molecule has 6 rings (SSSR count). The number of halogens is 1. The monoisotopic (exact) mass is 690 g/mol. The van der Waals surface area contributed by atoms with Crippen molar-refractivity contribution < 1.29 is 32.9 Å². The predicted octanol–water partition coefficient (Wildman–Crippen LogP) is 4.89. The average Bonchev–Trinajstić information content (AvgIpc) is 3.59. The quantitative estimate of drug-likeness (QED) is 0.180. The number of nitrogens with zero attached hydrogens (tertiary/aromatic N) is 2. The number of benzene rings is 3. The summed E-state index contributed by atoms with van der Waals surface area (Å²) in [5.74, 6) is 0.711. The third kappa shape index (κ3) is 8.87. The molecule has 3 aromatic carbocycles. The SMILES string of the molecule is COCCCN1CCOc2ccc(CO[C@H]3CNC[C@@H](OC(=O)[C@@H](N)C(C)C)[C@@H]3c3ccc(O[C@H]4CCN(c5cccc(F)c5)C4)cc3)cc21. The number of piperidine rings is 1. The number of rotatable bonds is 14. The largest absolute Gasteiger partial charge is 0.490 e. The van der Waals surface area contributed by atoms with Crippen molar-refractivity contribution in [2.45, 2.75) is 63.6 Å². The van der Waals surface area contributed by atoms with Gasteiger partial charge < -0.3 is 44.5 Å². The first-order valence-electron chi connectivity index (χ1n) is 17.8.